The fraction of sp³-hybridized carbons (Fsp3) is 0.750. The molecule has 10 heavy (non-hydrogen) atoms. The van der Waals surface area contributed by atoms with Crippen LogP contribution < -0.4 is 0 Å². The molecular weight excluding hydrogens is 128 g/mol. The predicted molar refractivity (Wildman–Crippen MR) is 35.5 cm³/mol. The third kappa shape index (κ3) is 0.498. The minimum absolute atomic E-state index is 0.204. The molecule has 0 atom stereocenters. The lowest BCUT2D eigenvalue weighted by molar-refractivity contribution is -0.152. The van der Waals surface area contributed by atoms with Gasteiger partial charge in [-0.2, -0.15) is 0 Å². The molecule has 1 spiro atoms. The second kappa shape index (κ2) is 1.68. The highest BCUT2D eigenvalue weighted by Gasteiger charge is 2.55. The molecule has 0 unspecified atom stereocenters. The molecule has 54 valence electrons. The Balaban J connectivity index is 2.27. The van der Waals surface area contributed by atoms with Gasteiger partial charge in [0.2, 0.25) is 0 Å². The quantitative estimate of drug-likeness (QED) is 0.469. The summed E-state index contributed by atoms with van der Waals surface area (Å²) in [6.45, 7) is 0. The van der Waals surface area contributed by atoms with Crippen molar-refractivity contribution in [3.05, 3.63) is 0 Å². The van der Waals surface area contributed by atoms with Gasteiger partial charge < -0.3 is 0 Å². The van der Waals surface area contributed by atoms with Crippen LogP contribution in [0, 0.1) is 5.41 Å². The lowest BCUT2D eigenvalue weighted by Gasteiger charge is -2.33. The van der Waals surface area contributed by atoms with Crippen molar-refractivity contribution < 1.29 is 9.59 Å². The molecule has 2 saturated carbocycles. The standard InChI is InChI=1S/C8H10O2/c9-6-5-7(10)8(6)3-1-2-4-8/h1-5H2. The van der Waals surface area contributed by atoms with Crippen molar-refractivity contribution in [1.82, 2.24) is 0 Å². The van der Waals surface area contributed by atoms with Gasteiger partial charge in [-0.05, 0) is 12.8 Å². The highest BCUT2D eigenvalue weighted by atomic mass is 16.2. The molecule has 0 heterocycles. The Morgan fingerprint density at radius 3 is 1.80 bits per heavy atom. The Kier molecular flexibility index (Phi) is 1.02. The summed E-state index contributed by atoms with van der Waals surface area (Å²) in [6.07, 6.45) is 4.03. The highest BCUT2D eigenvalue weighted by Crippen LogP contribution is 2.47. The summed E-state index contributed by atoms with van der Waals surface area (Å²) in [5.41, 5.74) is -0.444. The van der Waals surface area contributed by atoms with Gasteiger partial charge in [-0.3, -0.25) is 9.59 Å². The summed E-state index contributed by atoms with van der Waals surface area (Å²) in [4.78, 5) is 22.1. The van der Waals surface area contributed by atoms with Crippen molar-refractivity contribution in [1.29, 1.82) is 0 Å². The number of Topliss-reactive ketones (excluding diaryl/α,β-unsaturated/α-hetero) is 2. The van der Waals surface area contributed by atoms with Crippen LogP contribution in [0.3, 0.4) is 0 Å². The first-order valence-electron chi connectivity index (χ1n) is 3.82. The van der Waals surface area contributed by atoms with Crippen molar-refractivity contribution >= 4 is 11.6 Å². The molecule has 2 fully saturated rings. The predicted octanol–water partition coefficient (Wildman–Crippen LogP) is 1.09. The summed E-state index contributed by atoms with van der Waals surface area (Å²) < 4.78 is 0. The summed E-state index contributed by atoms with van der Waals surface area (Å²) in [6, 6.07) is 0. The molecular formula is C8H10O2. The minimum Gasteiger partial charge on any atom is -0.298 e. The van der Waals surface area contributed by atoms with Crippen LogP contribution in [-0.4, -0.2) is 11.6 Å². The molecule has 0 aromatic carbocycles. The number of ketones is 2. The molecule has 2 rings (SSSR count). The van der Waals surface area contributed by atoms with Crippen LogP contribution in [0.15, 0.2) is 0 Å². The van der Waals surface area contributed by atoms with E-state index in [1.54, 1.807) is 0 Å². The number of carbonyl (C=O) groups is 2. The van der Waals surface area contributed by atoms with E-state index in [-0.39, 0.29) is 18.0 Å². The zero-order chi connectivity index (χ0) is 7.19. The molecule has 0 bridgehead atoms. The van der Waals surface area contributed by atoms with E-state index in [2.05, 4.69) is 0 Å². The third-order valence-electron chi connectivity index (χ3n) is 2.85. The van der Waals surface area contributed by atoms with E-state index in [0.717, 1.165) is 25.7 Å². The van der Waals surface area contributed by atoms with E-state index in [9.17, 15) is 9.59 Å². The van der Waals surface area contributed by atoms with Crippen LogP contribution in [0.2, 0.25) is 0 Å². The van der Waals surface area contributed by atoms with Crippen LogP contribution >= 0.6 is 0 Å². The van der Waals surface area contributed by atoms with E-state index in [1.165, 1.54) is 0 Å². The largest absolute Gasteiger partial charge is 0.298 e. The monoisotopic (exact) mass is 138 g/mol. The van der Waals surface area contributed by atoms with Gasteiger partial charge >= 0.3 is 0 Å². The van der Waals surface area contributed by atoms with Gasteiger partial charge in [-0.25, -0.2) is 0 Å². The Labute approximate surface area is 59.6 Å². The first-order chi connectivity index (χ1) is 4.76. The van der Waals surface area contributed by atoms with Crippen LogP contribution in [0.4, 0.5) is 0 Å². The van der Waals surface area contributed by atoms with Crippen molar-refractivity contribution in [2.75, 3.05) is 0 Å². The summed E-state index contributed by atoms with van der Waals surface area (Å²) in [5, 5.41) is 0. The molecule has 2 nitrogen and oxygen atoms in total. The minimum atomic E-state index is -0.444. The molecule has 0 aliphatic heterocycles. The first kappa shape index (κ1) is 6.08. The number of hydrogen-bond donors (Lipinski definition) is 0. The average molecular weight is 138 g/mol. The van der Waals surface area contributed by atoms with Gasteiger partial charge in [-0.15, -0.1) is 0 Å². The van der Waals surface area contributed by atoms with Crippen molar-refractivity contribution in [3.63, 3.8) is 0 Å². The van der Waals surface area contributed by atoms with Gasteiger partial charge in [0, 0.05) is 0 Å². The lowest BCUT2D eigenvalue weighted by Crippen LogP contribution is -2.48. The van der Waals surface area contributed by atoms with E-state index < -0.39 is 5.41 Å². The Morgan fingerprint density at radius 2 is 1.50 bits per heavy atom. The Hall–Kier alpha value is -0.660. The summed E-state index contributed by atoms with van der Waals surface area (Å²) in [5.74, 6) is 0.407. The second-order valence-corrected chi connectivity index (χ2v) is 3.31. The Morgan fingerprint density at radius 1 is 1.00 bits per heavy atom. The summed E-state index contributed by atoms with van der Waals surface area (Å²) >= 11 is 0. The van der Waals surface area contributed by atoms with Gasteiger partial charge in [0.05, 0.1) is 11.8 Å². The van der Waals surface area contributed by atoms with E-state index in [4.69, 9.17) is 0 Å². The SMILES string of the molecule is O=C1CC(=O)C12CCCC2. The van der Waals surface area contributed by atoms with Crippen molar-refractivity contribution in [3.8, 4) is 0 Å². The molecule has 0 aromatic rings. The molecule has 0 N–H and O–H groups in total. The topological polar surface area (TPSA) is 34.1 Å². The van der Waals surface area contributed by atoms with Crippen molar-refractivity contribution in [2.24, 2.45) is 5.41 Å². The fourth-order valence-corrected chi connectivity index (χ4v) is 2.07. The maximum Gasteiger partial charge on any atom is 0.153 e. The summed E-state index contributed by atoms with van der Waals surface area (Å²) in [7, 11) is 0. The van der Waals surface area contributed by atoms with Gasteiger partial charge in [-0.1, -0.05) is 12.8 Å². The van der Waals surface area contributed by atoms with E-state index in [0.29, 0.717) is 0 Å². The third-order valence-corrected chi connectivity index (χ3v) is 2.85. The molecule has 2 heteroatoms. The molecule has 0 amide bonds. The van der Waals surface area contributed by atoms with Gasteiger partial charge in [0.25, 0.3) is 0 Å². The van der Waals surface area contributed by atoms with Crippen molar-refractivity contribution in [2.45, 2.75) is 32.1 Å². The molecule has 2 aliphatic carbocycles. The maximum absolute atomic E-state index is 11.0. The normalized spacial score (nSPS) is 29.2. The van der Waals surface area contributed by atoms with Crippen LogP contribution in [0.25, 0.3) is 0 Å². The average Bonchev–Trinajstić information content (AvgIpc) is 2.37. The molecule has 0 aromatic heterocycles. The van der Waals surface area contributed by atoms with Gasteiger partial charge in [0.15, 0.2) is 11.6 Å². The molecule has 2 aliphatic rings. The number of rotatable bonds is 0. The fourth-order valence-electron chi connectivity index (χ4n) is 2.07. The zero-order valence-corrected chi connectivity index (χ0v) is 5.85. The number of hydrogen-bond acceptors (Lipinski definition) is 2. The lowest BCUT2D eigenvalue weighted by atomic mass is 9.65. The zero-order valence-electron chi connectivity index (χ0n) is 5.85. The van der Waals surface area contributed by atoms with Crippen LogP contribution in [0.5, 0.6) is 0 Å². The molecule has 0 radical (unpaired) electrons. The Bertz CT molecular complexity index is 183. The smallest absolute Gasteiger partial charge is 0.153 e. The highest BCUT2D eigenvalue weighted by molar-refractivity contribution is 6.25. The first-order valence-corrected chi connectivity index (χ1v) is 3.82. The number of carbonyl (C=O) groups excluding carboxylic acids is 2. The van der Waals surface area contributed by atoms with Crippen LogP contribution in [0.1, 0.15) is 32.1 Å². The maximum atomic E-state index is 11.0. The van der Waals surface area contributed by atoms with Gasteiger partial charge in [0.1, 0.15) is 0 Å². The second-order valence-electron chi connectivity index (χ2n) is 3.31. The van der Waals surface area contributed by atoms with Crippen LogP contribution in [-0.2, 0) is 9.59 Å². The van der Waals surface area contributed by atoms with E-state index in [1.807, 2.05) is 0 Å². The van der Waals surface area contributed by atoms with E-state index >= 15 is 0 Å². The molecule has 0 saturated heterocycles.